The highest BCUT2D eigenvalue weighted by Gasteiger charge is 2.25. The van der Waals surface area contributed by atoms with E-state index in [9.17, 15) is 4.79 Å². The van der Waals surface area contributed by atoms with Crippen LogP contribution in [0.2, 0.25) is 10.0 Å². The van der Waals surface area contributed by atoms with Gasteiger partial charge in [-0.2, -0.15) is 0 Å². The molecule has 30 heavy (non-hydrogen) atoms. The number of primary amides is 1. The van der Waals surface area contributed by atoms with E-state index in [-0.39, 0.29) is 5.92 Å². The first-order valence-corrected chi connectivity index (χ1v) is 10.9. The Bertz CT molecular complexity index is 1020. The molecule has 6 nitrogen and oxygen atoms in total. The Morgan fingerprint density at radius 1 is 1.17 bits per heavy atom. The topological polar surface area (TPSA) is 83.0 Å². The van der Waals surface area contributed by atoms with Gasteiger partial charge in [-0.1, -0.05) is 48.8 Å². The number of benzene rings is 1. The van der Waals surface area contributed by atoms with E-state index in [0.29, 0.717) is 22.4 Å². The molecule has 1 aromatic carbocycles. The minimum atomic E-state index is -0.845. The molecule has 3 aromatic rings. The molecule has 0 spiro atoms. The standard InChI is InChI=1S/C21H22Cl2N4O2S/c1-12(2)18-20(30-17-9-15(22)8-16(23)10-17)27(11-14-4-6-25-7-5-14)19(26-18)13(3)29-21(24)28/h4-10,12-13H,11H2,1-3H3,(H2,24,28). The lowest BCUT2D eigenvalue weighted by Gasteiger charge is -2.16. The molecule has 2 heterocycles. The minimum absolute atomic E-state index is 0.139. The van der Waals surface area contributed by atoms with E-state index in [1.807, 2.05) is 28.8 Å². The maximum Gasteiger partial charge on any atom is 0.405 e. The van der Waals surface area contributed by atoms with E-state index < -0.39 is 12.2 Å². The van der Waals surface area contributed by atoms with E-state index in [1.165, 1.54) is 11.8 Å². The second-order valence-corrected chi connectivity index (χ2v) is 8.98. The Labute approximate surface area is 189 Å². The van der Waals surface area contributed by atoms with Gasteiger partial charge >= 0.3 is 6.09 Å². The van der Waals surface area contributed by atoms with Gasteiger partial charge in [-0.05, 0) is 48.7 Å². The molecule has 0 radical (unpaired) electrons. The Balaban J connectivity index is 2.13. The Morgan fingerprint density at radius 3 is 2.37 bits per heavy atom. The number of rotatable bonds is 7. The molecular weight excluding hydrogens is 443 g/mol. The number of hydrogen-bond donors (Lipinski definition) is 1. The maximum absolute atomic E-state index is 11.4. The summed E-state index contributed by atoms with van der Waals surface area (Å²) in [5.41, 5.74) is 7.18. The number of nitrogens with two attached hydrogens (primary N) is 1. The largest absolute Gasteiger partial charge is 0.439 e. The third kappa shape index (κ3) is 5.47. The number of nitrogens with zero attached hydrogens (tertiary/aromatic N) is 3. The average molecular weight is 465 g/mol. The lowest BCUT2D eigenvalue weighted by Crippen LogP contribution is -2.19. The van der Waals surface area contributed by atoms with Gasteiger partial charge in [0.1, 0.15) is 5.03 Å². The monoisotopic (exact) mass is 464 g/mol. The lowest BCUT2D eigenvalue weighted by atomic mass is 10.1. The zero-order valence-corrected chi connectivity index (χ0v) is 19.1. The van der Waals surface area contributed by atoms with Crippen molar-refractivity contribution in [2.75, 3.05) is 0 Å². The van der Waals surface area contributed by atoms with Gasteiger partial charge in [0.05, 0.1) is 12.2 Å². The number of ether oxygens (including phenoxy) is 1. The van der Waals surface area contributed by atoms with Gasteiger partial charge in [-0.3, -0.25) is 4.98 Å². The molecule has 2 aromatic heterocycles. The normalized spacial score (nSPS) is 12.2. The fraction of sp³-hybridized carbons (Fsp3) is 0.286. The van der Waals surface area contributed by atoms with Gasteiger partial charge in [0.25, 0.3) is 0 Å². The van der Waals surface area contributed by atoms with Crippen LogP contribution in [0.1, 0.15) is 49.9 Å². The predicted molar refractivity (Wildman–Crippen MR) is 119 cm³/mol. The van der Waals surface area contributed by atoms with Gasteiger partial charge in [0.15, 0.2) is 11.9 Å². The molecule has 0 saturated heterocycles. The summed E-state index contributed by atoms with van der Waals surface area (Å²) in [6.45, 7) is 6.42. The number of carbonyl (C=O) groups is 1. The molecule has 0 aliphatic carbocycles. The number of amides is 1. The molecule has 0 fully saturated rings. The fourth-order valence-corrected chi connectivity index (χ4v) is 4.92. The Morgan fingerprint density at radius 2 is 1.80 bits per heavy atom. The zero-order valence-electron chi connectivity index (χ0n) is 16.8. The SMILES string of the molecule is CC(C)c1nc(C(C)OC(N)=O)n(Cc2ccncc2)c1Sc1cc(Cl)cc(Cl)c1. The van der Waals surface area contributed by atoms with Crippen molar-refractivity contribution < 1.29 is 9.53 Å². The van der Waals surface area contributed by atoms with Crippen LogP contribution < -0.4 is 5.73 Å². The van der Waals surface area contributed by atoms with Gasteiger partial charge in [0, 0.05) is 27.3 Å². The van der Waals surface area contributed by atoms with Crippen LogP contribution in [0.4, 0.5) is 4.79 Å². The van der Waals surface area contributed by atoms with Crippen molar-refractivity contribution in [1.29, 1.82) is 0 Å². The third-order valence-corrected chi connectivity index (χ3v) is 5.85. The van der Waals surface area contributed by atoms with Crippen molar-refractivity contribution in [1.82, 2.24) is 14.5 Å². The van der Waals surface area contributed by atoms with Crippen LogP contribution in [0.3, 0.4) is 0 Å². The molecular formula is C21H22Cl2N4O2S. The van der Waals surface area contributed by atoms with Crippen LogP contribution in [0.25, 0.3) is 0 Å². The number of hydrogen-bond acceptors (Lipinski definition) is 5. The first kappa shape index (κ1) is 22.5. The molecule has 1 atom stereocenters. The lowest BCUT2D eigenvalue weighted by molar-refractivity contribution is 0.109. The van der Waals surface area contributed by atoms with Crippen LogP contribution in [0.5, 0.6) is 0 Å². The molecule has 0 aliphatic rings. The highest BCUT2D eigenvalue weighted by Crippen LogP contribution is 2.38. The van der Waals surface area contributed by atoms with Crippen LogP contribution in [0.15, 0.2) is 52.6 Å². The summed E-state index contributed by atoms with van der Waals surface area (Å²) in [7, 11) is 0. The summed E-state index contributed by atoms with van der Waals surface area (Å²) in [6.07, 6.45) is 2.02. The van der Waals surface area contributed by atoms with Crippen molar-refractivity contribution in [2.24, 2.45) is 5.73 Å². The van der Waals surface area contributed by atoms with Gasteiger partial charge in [0.2, 0.25) is 0 Å². The summed E-state index contributed by atoms with van der Waals surface area (Å²) < 4.78 is 7.28. The highest BCUT2D eigenvalue weighted by molar-refractivity contribution is 7.99. The summed E-state index contributed by atoms with van der Waals surface area (Å²) in [6, 6.07) is 9.27. The second-order valence-electron chi connectivity index (χ2n) is 7.04. The summed E-state index contributed by atoms with van der Waals surface area (Å²) in [5.74, 6) is 0.755. The van der Waals surface area contributed by atoms with Crippen LogP contribution in [0, 0.1) is 0 Å². The first-order chi connectivity index (χ1) is 14.2. The summed E-state index contributed by atoms with van der Waals surface area (Å²) >= 11 is 13.9. The van der Waals surface area contributed by atoms with E-state index in [0.717, 1.165) is 21.2 Å². The second kappa shape index (κ2) is 9.73. The molecule has 9 heteroatoms. The Kier molecular flexibility index (Phi) is 7.28. The van der Waals surface area contributed by atoms with Gasteiger partial charge in [-0.25, -0.2) is 9.78 Å². The van der Waals surface area contributed by atoms with Crippen LogP contribution in [-0.4, -0.2) is 20.6 Å². The number of imidazole rings is 1. The average Bonchev–Trinajstić information content (AvgIpc) is 3.00. The van der Waals surface area contributed by atoms with Crippen molar-refractivity contribution in [3.8, 4) is 0 Å². The van der Waals surface area contributed by atoms with Crippen LogP contribution >= 0.6 is 35.0 Å². The minimum Gasteiger partial charge on any atom is -0.439 e. The molecule has 0 saturated carbocycles. The summed E-state index contributed by atoms with van der Waals surface area (Å²) in [4.78, 5) is 21.2. The van der Waals surface area contributed by atoms with Crippen molar-refractivity contribution in [2.45, 2.75) is 49.3 Å². The fourth-order valence-electron chi connectivity index (χ4n) is 3.02. The predicted octanol–water partition coefficient (Wildman–Crippen LogP) is 6.06. The molecule has 2 N–H and O–H groups in total. The molecule has 0 bridgehead atoms. The van der Waals surface area contributed by atoms with E-state index in [1.54, 1.807) is 25.4 Å². The van der Waals surface area contributed by atoms with Gasteiger partial charge < -0.3 is 15.0 Å². The number of pyridine rings is 1. The molecule has 1 amide bonds. The highest BCUT2D eigenvalue weighted by atomic mass is 35.5. The zero-order chi connectivity index (χ0) is 21.8. The first-order valence-electron chi connectivity index (χ1n) is 9.33. The van der Waals surface area contributed by atoms with Crippen molar-refractivity contribution in [3.63, 3.8) is 0 Å². The molecule has 0 aliphatic heterocycles. The molecule has 1 unspecified atom stereocenters. The van der Waals surface area contributed by atoms with Gasteiger partial charge in [-0.15, -0.1) is 0 Å². The van der Waals surface area contributed by atoms with Crippen LogP contribution in [-0.2, 0) is 11.3 Å². The number of aromatic nitrogens is 3. The smallest absolute Gasteiger partial charge is 0.405 e. The van der Waals surface area contributed by atoms with E-state index >= 15 is 0 Å². The number of carbonyl (C=O) groups excluding carboxylic acids is 1. The maximum atomic E-state index is 11.4. The summed E-state index contributed by atoms with van der Waals surface area (Å²) in [5, 5.41) is 2.04. The van der Waals surface area contributed by atoms with E-state index in [4.69, 9.17) is 38.7 Å². The quantitative estimate of drug-likeness (QED) is 0.458. The van der Waals surface area contributed by atoms with Crippen molar-refractivity contribution in [3.05, 3.63) is 69.9 Å². The van der Waals surface area contributed by atoms with E-state index in [2.05, 4.69) is 18.8 Å². The molecule has 158 valence electrons. The number of halogens is 2. The van der Waals surface area contributed by atoms with Crippen molar-refractivity contribution >= 4 is 41.1 Å². The molecule has 3 rings (SSSR count). The Hall–Kier alpha value is -2.22. The third-order valence-electron chi connectivity index (χ3n) is 4.32.